The Morgan fingerprint density at radius 3 is 2.75 bits per heavy atom. The highest BCUT2D eigenvalue weighted by atomic mass is 16.5. The van der Waals surface area contributed by atoms with Gasteiger partial charge in [-0.15, -0.1) is 0 Å². The Morgan fingerprint density at radius 1 is 1.44 bits per heavy atom. The number of methoxy groups -OCH3 is 1. The van der Waals surface area contributed by atoms with Crippen molar-refractivity contribution >= 4 is 5.97 Å². The van der Waals surface area contributed by atoms with Crippen molar-refractivity contribution in [3.8, 4) is 0 Å². The molecule has 16 heavy (non-hydrogen) atoms. The summed E-state index contributed by atoms with van der Waals surface area (Å²) in [6.07, 6.45) is 3.88. The van der Waals surface area contributed by atoms with Gasteiger partial charge in [-0.05, 0) is 33.2 Å². The highest BCUT2D eigenvalue weighted by Crippen LogP contribution is 2.13. The molecule has 0 bridgehead atoms. The van der Waals surface area contributed by atoms with Gasteiger partial charge in [-0.25, -0.2) is 0 Å². The first kappa shape index (κ1) is 13.5. The molecule has 1 N–H and O–H groups in total. The SMILES string of the molecule is COC(C)(C)CCOC(=O)C1CCCCN1. The van der Waals surface area contributed by atoms with Crippen LogP contribution >= 0.6 is 0 Å². The Bertz CT molecular complexity index is 222. The van der Waals surface area contributed by atoms with E-state index >= 15 is 0 Å². The standard InChI is InChI=1S/C12H23NO3/c1-12(2,15-3)7-9-16-11(14)10-6-4-5-8-13-10/h10,13H,4-9H2,1-3H3. The van der Waals surface area contributed by atoms with Gasteiger partial charge in [0.25, 0.3) is 0 Å². The molecule has 0 amide bonds. The summed E-state index contributed by atoms with van der Waals surface area (Å²) in [5.74, 6) is -0.119. The highest BCUT2D eigenvalue weighted by molar-refractivity contribution is 5.75. The van der Waals surface area contributed by atoms with Crippen LogP contribution in [0.25, 0.3) is 0 Å². The molecular formula is C12H23NO3. The van der Waals surface area contributed by atoms with E-state index in [-0.39, 0.29) is 17.6 Å². The average molecular weight is 229 g/mol. The quantitative estimate of drug-likeness (QED) is 0.726. The zero-order valence-electron chi connectivity index (χ0n) is 10.5. The summed E-state index contributed by atoms with van der Waals surface area (Å²) in [6, 6.07) is -0.0978. The molecule has 4 nitrogen and oxygen atoms in total. The van der Waals surface area contributed by atoms with Crippen LogP contribution in [0, 0.1) is 0 Å². The van der Waals surface area contributed by atoms with Crippen molar-refractivity contribution in [2.24, 2.45) is 0 Å². The second kappa shape index (κ2) is 6.21. The van der Waals surface area contributed by atoms with E-state index < -0.39 is 0 Å². The first-order valence-electron chi connectivity index (χ1n) is 6.00. The van der Waals surface area contributed by atoms with E-state index in [2.05, 4.69) is 5.32 Å². The fourth-order valence-corrected chi connectivity index (χ4v) is 1.65. The minimum absolute atomic E-state index is 0.0978. The lowest BCUT2D eigenvalue weighted by Crippen LogP contribution is -2.41. The Balaban J connectivity index is 2.19. The molecule has 1 saturated heterocycles. The highest BCUT2D eigenvalue weighted by Gasteiger charge is 2.23. The second-order valence-corrected chi connectivity index (χ2v) is 4.88. The van der Waals surface area contributed by atoms with Crippen molar-refractivity contribution in [3.63, 3.8) is 0 Å². The Labute approximate surface area is 97.7 Å². The molecule has 1 aliphatic rings. The fraction of sp³-hybridized carbons (Fsp3) is 0.917. The van der Waals surface area contributed by atoms with Crippen molar-refractivity contribution in [3.05, 3.63) is 0 Å². The minimum Gasteiger partial charge on any atom is -0.464 e. The molecule has 0 saturated carbocycles. The average Bonchev–Trinajstić information content (AvgIpc) is 2.30. The lowest BCUT2D eigenvalue weighted by molar-refractivity contribution is -0.148. The van der Waals surface area contributed by atoms with E-state index in [9.17, 15) is 4.79 Å². The number of carbonyl (C=O) groups excluding carboxylic acids is 1. The molecule has 0 aromatic carbocycles. The van der Waals surface area contributed by atoms with Crippen LogP contribution in [0.1, 0.15) is 39.5 Å². The summed E-state index contributed by atoms with van der Waals surface area (Å²) in [6.45, 7) is 5.32. The number of hydrogen-bond acceptors (Lipinski definition) is 4. The molecule has 0 aromatic heterocycles. The summed E-state index contributed by atoms with van der Waals surface area (Å²) >= 11 is 0. The van der Waals surface area contributed by atoms with Crippen LogP contribution < -0.4 is 5.32 Å². The van der Waals surface area contributed by atoms with Gasteiger partial charge in [0.05, 0.1) is 12.2 Å². The van der Waals surface area contributed by atoms with Crippen molar-refractivity contribution in [2.45, 2.75) is 51.2 Å². The van der Waals surface area contributed by atoms with E-state index in [1.165, 1.54) is 0 Å². The van der Waals surface area contributed by atoms with Crippen LogP contribution in [0.3, 0.4) is 0 Å². The van der Waals surface area contributed by atoms with Gasteiger partial charge in [0.15, 0.2) is 0 Å². The van der Waals surface area contributed by atoms with E-state index in [1.807, 2.05) is 13.8 Å². The molecule has 1 fully saturated rings. The van der Waals surface area contributed by atoms with Crippen LogP contribution in [0.5, 0.6) is 0 Å². The van der Waals surface area contributed by atoms with Crippen LogP contribution in [-0.2, 0) is 14.3 Å². The third-order valence-corrected chi connectivity index (χ3v) is 3.10. The zero-order chi connectivity index (χ0) is 12.0. The molecular weight excluding hydrogens is 206 g/mol. The number of esters is 1. The van der Waals surface area contributed by atoms with Crippen LogP contribution in [0.2, 0.25) is 0 Å². The van der Waals surface area contributed by atoms with Gasteiger partial charge in [-0.1, -0.05) is 6.42 Å². The largest absolute Gasteiger partial charge is 0.464 e. The number of piperidine rings is 1. The number of nitrogens with one attached hydrogen (secondary N) is 1. The van der Waals surface area contributed by atoms with Gasteiger partial charge in [-0.3, -0.25) is 4.79 Å². The van der Waals surface area contributed by atoms with Crippen LogP contribution in [0.15, 0.2) is 0 Å². The Morgan fingerprint density at radius 2 is 2.19 bits per heavy atom. The first-order valence-corrected chi connectivity index (χ1v) is 6.00. The zero-order valence-corrected chi connectivity index (χ0v) is 10.5. The molecule has 1 rings (SSSR count). The topological polar surface area (TPSA) is 47.6 Å². The maximum atomic E-state index is 11.6. The molecule has 0 radical (unpaired) electrons. The molecule has 94 valence electrons. The number of carbonyl (C=O) groups is 1. The molecule has 1 unspecified atom stereocenters. The minimum atomic E-state index is -0.222. The number of hydrogen-bond donors (Lipinski definition) is 1. The van der Waals surface area contributed by atoms with Crippen molar-refractivity contribution in [1.29, 1.82) is 0 Å². The summed E-state index contributed by atoms with van der Waals surface area (Å²) in [5.41, 5.74) is -0.222. The van der Waals surface area contributed by atoms with Gasteiger partial charge < -0.3 is 14.8 Å². The maximum absolute atomic E-state index is 11.6. The van der Waals surface area contributed by atoms with E-state index in [1.54, 1.807) is 7.11 Å². The van der Waals surface area contributed by atoms with Crippen LogP contribution in [-0.4, -0.2) is 37.9 Å². The lowest BCUT2D eigenvalue weighted by atomic mass is 10.0. The number of ether oxygens (including phenoxy) is 2. The Kier molecular flexibility index (Phi) is 5.22. The van der Waals surface area contributed by atoms with Gasteiger partial charge in [-0.2, -0.15) is 0 Å². The summed E-state index contributed by atoms with van der Waals surface area (Å²) in [7, 11) is 1.67. The molecule has 1 aliphatic heterocycles. The third-order valence-electron chi connectivity index (χ3n) is 3.10. The first-order chi connectivity index (χ1) is 7.55. The maximum Gasteiger partial charge on any atom is 0.323 e. The Hall–Kier alpha value is -0.610. The lowest BCUT2D eigenvalue weighted by Gasteiger charge is -2.24. The predicted octanol–water partition coefficient (Wildman–Crippen LogP) is 1.49. The predicted molar refractivity (Wildman–Crippen MR) is 62.3 cm³/mol. The van der Waals surface area contributed by atoms with Crippen LogP contribution in [0.4, 0.5) is 0 Å². The smallest absolute Gasteiger partial charge is 0.323 e. The van der Waals surface area contributed by atoms with Gasteiger partial charge >= 0.3 is 5.97 Å². The summed E-state index contributed by atoms with van der Waals surface area (Å²) in [5, 5.41) is 3.17. The van der Waals surface area contributed by atoms with Gasteiger partial charge in [0.2, 0.25) is 0 Å². The van der Waals surface area contributed by atoms with Gasteiger partial charge in [0.1, 0.15) is 6.04 Å². The molecule has 4 heteroatoms. The summed E-state index contributed by atoms with van der Waals surface area (Å²) < 4.78 is 10.5. The van der Waals surface area contributed by atoms with Crippen molar-refractivity contribution < 1.29 is 14.3 Å². The second-order valence-electron chi connectivity index (χ2n) is 4.88. The molecule has 0 aliphatic carbocycles. The van der Waals surface area contributed by atoms with E-state index in [0.717, 1.165) is 32.2 Å². The fourth-order valence-electron chi connectivity index (χ4n) is 1.65. The van der Waals surface area contributed by atoms with Gasteiger partial charge in [0, 0.05) is 13.5 Å². The van der Waals surface area contributed by atoms with Crippen molar-refractivity contribution in [2.75, 3.05) is 20.3 Å². The number of rotatable bonds is 5. The van der Waals surface area contributed by atoms with Crippen molar-refractivity contribution in [1.82, 2.24) is 5.32 Å². The van der Waals surface area contributed by atoms with E-state index in [4.69, 9.17) is 9.47 Å². The third kappa shape index (κ3) is 4.49. The molecule has 0 spiro atoms. The molecule has 0 aromatic rings. The summed E-state index contributed by atoms with van der Waals surface area (Å²) in [4.78, 5) is 11.6. The normalized spacial score (nSPS) is 21.8. The van der Waals surface area contributed by atoms with E-state index in [0.29, 0.717) is 6.61 Å². The monoisotopic (exact) mass is 229 g/mol. The molecule has 1 heterocycles. The molecule has 1 atom stereocenters.